The fraction of sp³-hybridized carbons (Fsp3) is 0.750. The second-order valence-corrected chi connectivity index (χ2v) is 3.55. The Kier molecular flexibility index (Phi) is 9.71. The van der Waals surface area contributed by atoms with Crippen LogP contribution in [0.25, 0.3) is 0 Å². The first-order chi connectivity index (χ1) is 6.81. The van der Waals surface area contributed by atoms with Crippen LogP contribution in [0.2, 0.25) is 0 Å². The van der Waals surface area contributed by atoms with E-state index in [1.54, 1.807) is 0 Å². The van der Waals surface area contributed by atoms with Gasteiger partial charge in [-0.25, -0.2) is 0 Å². The van der Waals surface area contributed by atoms with Crippen LogP contribution in [0.5, 0.6) is 0 Å². The van der Waals surface area contributed by atoms with E-state index in [-0.39, 0.29) is 5.91 Å². The maximum absolute atomic E-state index is 11.1. The molecule has 2 heteroatoms. The summed E-state index contributed by atoms with van der Waals surface area (Å²) >= 11 is 0. The molecule has 14 heavy (non-hydrogen) atoms. The Morgan fingerprint density at radius 2 is 1.86 bits per heavy atom. The third-order valence-electron chi connectivity index (χ3n) is 2.19. The number of amides is 1. The SMILES string of the molecule is C=CCCCCCCCC(=O)NCC. The van der Waals surface area contributed by atoms with Crippen molar-refractivity contribution >= 4 is 5.91 Å². The molecular formula is C12H23NO. The average Bonchev–Trinajstić information content (AvgIpc) is 2.17. The average molecular weight is 197 g/mol. The van der Waals surface area contributed by atoms with Gasteiger partial charge in [-0.1, -0.05) is 25.3 Å². The van der Waals surface area contributed by atoms with Crippen molar-refractivity contribution in [1.82, 2.24) is 5.32 Å². The third-order valence-corrected chi connectivity index (χ3v) is 2.19. The van der Waals surface area contributed by atoms with Gasteiger partial charge in [0.1, 0.15) is 0 Å². The Balaban J connectivity index is 3.05. The Labute approximate surface area is 87.8 Å². The molecular weight excluding hydrogens is 174 g/mol. The third kappa shape index (κ3) is 9.30. The van der Waals surface area contributed by atoms with E-state index in [1.165, 1.54) is 25.7 Å². The van der Waals surface area contributed by atoms with Gasteiger partial charge in [-0.3, -0.25) is 4.79 Å². The number of unbranched alkanes of at least 4 members (excludes halogenated alkanes) is 5. The lowest BCUT2D eigenvalue weighted by atomic mass is 10.1. The molecule has 1 amide bonds. The molecule has 0 radical (unpaired) electrons. The first kappa shape index (κ1) is 13.2. The topological polar surface area (TPSA) is 29.1 Å². The highest BCUT2D eigenvalue weighted by Gasteiger charge is 1.97. The van der Waals surface area contributed by atoms with Crippen LogP contribution in [0.1, 0.15) is 51.9 Å². The molecule has 0 aromatic rings. The molecule has 0 rings (SSSR count). The van der Waals surface area contributed by atoms with Gasteiger partial charge in [0.15, 0.2) is 0 Å². The van der Waals surface area contributed by atoms with Gasteiger partial charge >= 0.3 is 0 Å². The van der Waals surface area contributed by atoms with Gasteiger partial charge in [-0.2, -0.15) is 0 Å². The van der Waals surface area contributed by atoms with Gasteiger partial charge in [-0.15, -0.1) is 6.58 Å². The van der Waals surface area contributed by atoms with E-state index in [0.717, 1.165) is 19.4 Å². The number of nitrogens with one attached hydrogen (secondary N) is 1. The lowest BCUT2D eigenvalue weighted by Crippen LogP contribution is -2.21. The van der Waals surface area contributed by atoms with Crippen molar-refractivity contribution in [2.45, 2.75) is 51.9 Å². The predicted molar refractivity (Wildman–Crippen MR) is 61.2 cm³/mol. The minimum absolute atomic E-state index is 0.193. The monoisotopic (exact) mass is 197 g/mol. The number of rotatable bonds is 9. The first-order valence-corrected chi connectivity index (χ1v) is 5.68. The Morgan fingerprint density at radius 1 is 1.21 bits per heavy atom. The zero-order valence-corrected chi connectivity index (χ0v) is 9.35. The predicted octanol–water partition coefficient (Wildman–Crippen LogP) is 3.04. The van der Waals surface area contributed by atoms with Crippen molar-refractivity contribution in [3.63, 3.8) is 0 Å². The summed E-state index contributed by atoms with van der Waals surface area (Å²) in [7, 11) is 0. The van der Waals surface area contributed by atoms with Gasteiger partial charge in [-0.05, 0) is 26.2 Å². The summed E-state index contributed by atoms with van der Waals surface area (Å²) in [6.45, 7) is 6.39. The number of carbonyl (C=O) groups is 1. The van der Waals surface area contributed by atoms with Gasteiger partial charge < -0.3 is 5.32 Å². The van der Waals surface area contributed by atoms with Gasteiger partial charge in [0.2, 0.25) is 5.91 Å². The summed E-state index contributed by atoms with van der Waals surface area (Å²) in [5.74, 6) is 0.193. The molecule has 0 aliphatic rings. The molecule has 0 spiro atoms. The molecule has 0 fully saturated rings. The van der Waals surface area contributed by atoms with Crippen molar-refractivity contribution in [2.75, 3.05) is 6.54 Å². The zero-order chi connectivity index (χ0) is 10.6. The summed E-state index contributed by atoms with van der Waals surface area (Å²) in [4.78, 5) is 11.1. The Hall–Kier alpha value is -0.790. The van der Waals surface area contributed by atoms with Crippen LogP contribution >= 0.6 is 0 Å². The molecule has 0 unspecified atom stereocenters. The summed E-state index contributed by atoms with van der Waals surface area (Å²) in [5.41, 5.74) is 0. The minimum Gasteiger partial charge on any atom is -0.356 e. The van der Waals surface area contributed by atoms with Crippen molar-refractivity contribution in [2.24, 2.45) is 0 Å². The summed E-state index contributed by atoms with van der Waals surface area (Å²) in [6, 6.07) is 0. The molecule has 0 aromatic carbocycles. The number of carbonyl (C=O) groups excluding carboxylic acids is 1. The highest BCUT2D eigenvalue weighted by molar-refractivity contribution is 5.75. The van der Waals surface area contributed by atoms with E-state index in [1.807, 2.05) is 13.0 Å². The number of allylic oxidation sites excluding steroid dienone is 1. The van der Waals surface area contributed by atoms with E-state index in [9.17, 15) is 4.79 Å². The van der Waals surface area contributed by atoms with Gasteiger partial charge in [0, 0.05) is 13.0 Å². The van der Waals surface area contributed by atoms with Crippen molar-refractivity contribution < 1.29 is 4.79 Å². The van der Waals surface area contributed by atoms with Crippen molar-refractivity contribution in [3.05, 3.63) is 12.7 Å². The highest BCUT2D eigenvalue weighted by Crippen LogP contribution is 2.07. The molecule has 0 heterocycles. The van der Waals surface area contributed by atoms with E-state index < -0.39 is 0 Å². The second-order valence-electron chi connectivity index (χ2n) is 3.55. The van der Waals surface area contributed by atoms with E-state index in [2.05, 4.69) is 11.9 Å². The van der Waals surface area contributed by atoms with E-state index in [0.29, 0.717) is 6.42 Å². The summed E-state index contributed by atoms with van der Waals surface area (Å²) in [6.07, 6.45) is 9.73. The Morgan fingerprint density at radius 3 is 2.50 bits per heavy atom. The molecule has 0 aromatic heterocycles. The quantitative estimate of drug-likeness (QED) is 0.447. The molecule has 1 N–H and O–H groups in total. The smallest absolute Gasteiger partial charge is 0.219 e. The minimum atomic E-state index is 0.193. The molecule has 0 aliphatic carbocycles. The molecule has 0 saturated heterocycles. The summed E-state index contributed by atoms with van der Waals surface area (Å²) in [5, 5.41) is 2.80. The maximum atomic E-state index is 11.1. The largest absolute Gasteiger partial charge is 0.356 e. The lowest BCUT2D eigenvalue weighted by molar-refractivity contribution is -0.121. The van der Waals surface area contributed by atoms with Crippen LogP contribution in [0.4, 0.5) is 0 Å². The first-order valence-electron chi connectivity index (χ1n) is 5.68. The molecule has 0 saturated carbocycles. The molecule has 0 bridgehead atoms. The van der Waals surface area contributed by atoms with Crippen LogP contribution in [0, 0.1) is 0 Å². The number of hydrogen-bond donors (Lipinski definition) is 1. The summed E-state index contributed by atoms with van der Waals surface area (Å²) < 4.78 is 0. The lowest BCUT2D eigenvalue weighted by Gasteiger charge is -2.01. The van der Waals surface area contributed by atoms with Gasteiger partial charge in [0.05, 0.1) is 0 Å². The van der Waals surface area contributed by atoms with Crippen molar-refractivity contribution in [1.29, 1.82) is 0 Å². The second kappa shape index (κ2) is 10.3. The Bertz CT molecular complexity index is 154. The molecule has 0 atom stereocenters. The van der Waals surface area contributed by atoms with Crippen LogP contribution in [0.15, 0.2) is 12.7 Å². The van der Waals surface area contributed by atoms with Crippen molar-refractivity contribution in [3.8, 4) is 0 Å². The zero-order valence-electron chi connectivity index (χ0n) is 9.35. The standard InChI is InChI=1S/C12H23NO/c1-3-5-6-7-8-9-10-11-12(14)13-4-2/h3H,1,4-11H2,2H3,(H,13,14). The van der Waals surface area contributed by atoms with E-state index >= 15 is 0 Å². The highest BCUT2D eigenvalue weighted by atomic mass is 16.1. The van der Waals surface area contributed by atoms with E-state index in [4.69, 9.17) is 0 Å². The normalized spacial score (nSPS) is 9.79. The molecule has 82 valence electrons. The van der Waals surface area contributed by atoms with Crippen LogP contribution in [-0.4, -0.2) is 12.5 Å². The molecule has 0 aliphatic heterocycles. The van der Waals surface area contributed by atoms with Crippen LogP contribution in [0.3, 0.4) is 0 Å². The fourth-order valence-electron chi connectivity index (χ4n) is 1.39. The maximum Gasteiger partial charge on any atom is 0.219 e. The van der Waals surface area contributed by atoms with Crippen LogP contribution in [-0.2, 0) is 4.79 Å². The number of hydrogen-bond acceptors (Lipinski definition) is 1. The van der Waals surface area contributed by atoms with Crippen LogP contribution < -0.4 is 5.32 Å². The molecule has 2 nitrogen and oxygen atoms in total. The van der Waals surface area contributed by atoms with Gasteiger partial charge in [0.25, 0.3) is 0 Å². The fourth-order valence-corrected chi connectivity index (χ4v) is 1.39.